The topological polar surface area (TPSA) is 68.9 Å². The van der Waals surface area contributed by atoms with Gasteiger partial charge in [-0.3, -0.25) is 4.99 Å². The average Bonchev–Trinajstić information content (AvgIpc) is 2.78. The minimum absolute atomic E-state index is 0.0519. The molecular formula is C11H23N3O2. The van der Waals surface area contributed by atoms with Gasteiger partial charge in [0.2, 0.25) is 0 Å². The number of rotatable bonds is 5. The van der Waals surface area contributed by atoms with Crippen LogP contribution in [0, 0.1) is 5.41 Å². The maximum atomic E-state index is 5.53. The molecular weight excluding hydrogens is 206 g/mol. The van der Waals surface area contributed by atoms with E-state index in [1.807, 2.05) is 0 Å². The first kappa shape index (κ1) is 13.3. The van der Waals surface area contributed by atoms with Gasteiger partial charge in [-0.15, -0.1) is 0 Å². The van der Waals surface area contributed by atoms with Crippen LogP contribution in [0.5, 0.6) is 0 Å². The first-order valence-electron chi connectivity index (χ1n) is 5.75. The minimum Gasteiger partial charge on any atom is -0.370 e. The highest BCUT2D eigenvalue weighted by atomic mass is 16.7. The Balaban J connectivity index is 2.20. The lowest BCUT2D eigenvalue weighted by Crippen LogP contribution is -2.34. The van der Waals surface area contributed by atoms with Crippen LogP contribution in [0.1, 0.15) is 26.7 Å². The van der Waals surface area contributed by atoms with Crippen LogP contribution in [-0.4, -0.2) is 39.1 Å². The molecule has 1 aliphatic heterocycles. The van der Waals surface area contributed by atoms with E-state index in [9.17, 15) is 0 Å². The Labute approximate surface area is 97.4 Å². The zero-order valence-electron chi connectivity index (χ0n) is 10.5. The third-order valence-corrected chi connectivity index (χ3v) is 2.80. The SMILES string of the molecule is CN=C(N)NCCCC(C)(C)C1OCCO1. The Hall–Kier alpha value is -0.810. The second kappa shape index (κ2) is 6.06. The highest BCUT2D eigenvalue weighted by molar-refractivity contribution is 5.77. The van der Waals surface area contributed by atoms with E-state index < -0.39 is 0 Å². The summed E-state index contributed by atoms with van der Waals surface area (Å²) in [6, 6.07) is 0. The molecule has 0 spiro atoms. The molecule has 1 rings (SSSR count). The van der Waals surface area contributed by atoms with E-state index in [0.29, 0.717) is 19.2 Å². The fourth-order valence-corrected chi connectivity index (χ4v) is 1.77. The molecule has 0 aromatic rings. The number of aliphatic imine (C=N–C) groups is 1. The number of hydrogen-bond donors (Lipinski definition) is 2. The van der Waals surface area contributed by atoms with Crippen molar-refractivity contribution >= 4 is 5.96 Å². The molecule has 5 nitrogen and oxygen atoms in total. The second-order valence-corrected chi connectivity index (χ2v) is 4.70. The Morgan fingerprint density at radius 1 is 1.44 bits per heavy atom. The van der Waals surface area contributed by atoms with Gasteiger partial charge in [-0.2, -0.15) is 0 Å². The quantitative estimate of drug-likeness (QED) is 0.413. The molecule has 1 heterocycles. The lowest BCUT2D eigenvalue weighted by atomic mass is 9.87. The van der Waals surface area contributed by atoms with Gasteiger partial charge in [0, 0.05) is 19.0 Å². The molecule has 0 aromatic heterocycles. The Morgan fingerprint density at radius 2 is 2.06 bits per heavy atom. The zero-order chi connectivity index (χ0) is 12.0. The smallest absolute Gasteiger partial charge is 0.188 e. The molecule has 0 unspecified atom stereocenters. The van der Waals surface area contributed by atoms with Crippen molar-refractivity contribution < 1.29 is 9.47 Å². The molecule has 0 aliphatic carbocycles. The first-order chi connectivity index (χ1) is 7.56. The molecule has 0 saturated carbocycles. The lowest BCUT2D eigenvalue weighted by Gasteiger charge is -2.29. The molecule has 0 atom stereocenters. The van der Waals surface area contributed by atoms with E-state index in [2.05, 4.69) is 24.2 Å². The standard InChI is InChI=1S/C11H23N3O2/c1-11(2,9-15-7-8-16-9)5-4-6-14-10(12)13-3/h9H,4-8H2,1-3H3,(H3,12,13,14). The average molecular weight is 229 g/mol. The van der Waals surface area contributed by atoms with E-state index in [0.717, 1.165) is 19.4 Å². The molecule has 0 bridgehead atoms. The van der Waals surface area contributed by atoms with Gasteiger partial charge in [-0.25, -0.2) is 0 Å². The predicted molar refractivity (Wildman–Crippen MR) is 64.3 cm³/mol. The zero-order valence-corrected chi connectivity index (χ0v) is 10.5. The fraction of sp³-hybridized carbons (Fsp3) is 0.909. The van der Waals surface area contributed by atoms with Crippen LogP contribution in [0.3, 0.4) is 0 Å². The van der Waals surface area contributed by atoms with Gasteiger partial charge in [0.05, 0.1) is 13.2 Å². The Bertz CT molecular complexity index is 235. The van der Waals surface area contributed by atoms with Gasteiger partial charge >= 0.3 is 0 Å². The second-order valence-electron chi connectivity index (χ2n) is 4.70. The Morgan fingerprint density at radius 3 is 2.62 bits per heavy atom. The maximum absolute atomic E-state index is 5.53. The molecule has 3 N–H and O–H groups in total. The van der Waals surface area contributed by atoms with Crippen molar-refractivity contribution in [3.05, 3.63) is 0 Å². The summed E-state index contributed by atoms with van der Waals surface area (Å²) in [6.07, 6.45) is 1.98. The van der Waals surface area contributed by atoms with Crippen molar-refractivity contribution in [3.8, 4) is 0 Å². The van der Waals surface area contributed by atoms with Crippen LogP contribution in [0.25, 0.3) is 0 Å². The summed E-state index contributed by atoms with van der Waals surface area (Å²) < 4.78 is 11.1. The molecule has 16 heavy (non-hydrogen) atoms. The number of nitrogens with one attached hydrogen (secondary N) is 1. The molecule has 0 aromatic carbocycles. The van der Waals surface area contributed by atoms with Crippen molar-refractivity contribution in [2.75, 3.05) is 26.8 Å². The number of ether oxygens (including phenoxy) is 2. The third-order valence-electron chi connectivity index (χ3n) is 2.80. The summed E-state index contributed by atoms with van der Waals surface area (Å²) >= 11 is 0. The molecule has 1 saturated heterocycles. The number of nitrogens with two attached hydrogens (primary N) is 1. The first-order valence-corrected chi connectivity index (χ1v) is 5.75. The summed E-state index contributed by atoms with van der Waals surface area (Å²) in [6.45, 7) is 6.59. The largest absolute Gasteiger partial charge is 0.370 e. The summed E-state index contributed by atoms with van der Waals surface area (Å²) in [7, 11) is 1.67. The van der Waals surface area contributed by atoms with Crippen LogP contribution in [0.4, 0.5) is 0 Å². The van der Waals surface area contributed by atoms with Crippen molar-refractivity contribution in [1.29, 1.82) is 0 Å². The van der Waals surface area contributed by atoms with E-state index in [1.54, 1.807) is 7.05 Å². The highest BCUT2D eigenvalue weighted by Crippen LogP contribution is 2.31. The van der Waals surface area contributed by atoms with Crippen LogP contribution in [0.2, 0.25) is 0 Å². The van der Waals surface area contributed by atoms with Gasteiger partial charge in [0.1, 0.15) is 0 Å². The van der Waals surface area contributed by atoms with Crippen molar-refractivity contribution in [2.24, 2.45) is 16.1 Å². The van der Waals surface area contributed by atoms with Gasteiger partial charge in [-0.05, 0) is 12.8 Å². The summed E-state index contributed by atoms with van der Waals surface area (Å²) in [5.41, 5.74) is 5.59. The normalized spacial score (nSPS) is 19.1. The number of guanidine groups is 1. The van der Waals surface area contributed by atoms with Crippen LogP contribution >= 0.6 is 0 Å². The molecule has 1 fully saturated rings. The molecule has 0 amide bonds. The van der Waals surface area contributed by atoms with Crippen molar-refractivity contribution in [1.82, 2.24) is 5.32 Å². The molecule has 0 radical (unpaired) electrons. The van der Waals surface area contributed by atoms with E-state index in [1.165, 1.54) is 0 Å². The fourth-order valence-electron chi connectivity index (χ4n) is 1.77. The predicted octanol–water partition coefficient (Wildman–Crippen LogP) is 0.700. The van der Waals surface area contributed by atoms with Gasteiger partial charge < -0.3 is 20.5 Å². The Kier molecular flexibility index (Phi) is 5.02. The summed E-state index contributed by atoms with van der Waals surface area (Å²) in [5.74, 6) is 0.492. The van der Waals surface area contributed by atoms with E-state index >= 15 is 0 Å². The van der Waals surface area contributed by atoms with Gasteiger partial charge in [-0.1, -0.05) is 13.8 Å². The van der Waals surface area contributed by atoms with E-state index in [4.69, 9.17) is 15.2 Å². The minimum atomic E-state index is -0.0651. The van der Waals surface area contributed by atoms with Gasteiger partial charge in [0.25, 0.3) is 0 Å². The van der Waals surface area contributed by atoms with Crippen LogP contribution < -0.4 is 11.1 Å². The third kappa shape index (κ3) is 3.98. The molecule has 94 valence electrons. The summed E-state index contributed by atoms with van der Waals surface area (Å²) in [4.78, 5) is 3.83. The van der Waals surface area contributed by atoms with Gasteiger partial charge in [0.15, 0.2) is 12.2 Å². The van der Waals surface area contributed by atoms with E-state index in [-0.39, 0.29) is 11.7 Å². The molecule has 1 aliphatic rings. The van der Waals surface area contributed by atoms with Crippen LogP contribution in [-0.2, 0) is 9.47 Å². The van der Waals surface area contributed by atoms with Crippen molar-refractivity contribution in [2.45, 2.75) is 33.0 Å². The maximum Gasteiger partial charge on any atom is 0.188 e. The van der Waals surface area contributed by atoms with Crippen LogP contribution in [0.15, 0.2) is 4.99 Å². The van der Waals surface area contributed by atoms with Crippen molar-refractivity contribution in [3.63, 3.8) is 0 Å². The molecule has 5 heteroatoms. The number of nitrogens with zero attached hydrogens (tertiary/aromatic N) is 1. The monoisotopic (exact) mass is 229 g/mol. The lowest BCUT2D eigenvalue weighted by molar-refractivity contribution is -0.122. The highest BCUT2D eigenvalue weighted by Gasteiger charge is 2.33. The number of hydrogen-bond acceptors (Lipinski definition) is 3. The summed E-state index contributed by atoms with van der Waals surface area (Å²) in [5, 5.41) is 3.04.